The summed E-state index contributed by atoms with van der Waals surface area (Å²) >= 11 is 0. The molecule has 1 rings (SSSR count). The number of aryl methyl sites for hydroxylation is 1. The molecule has 0 amide bonds. The van der Waals surface area contributed by atoms with Crippen molar-refractivity contribution < 1.29 is 14.3 Å². The minimum atomic E-state index is -3.72. The summed E-state index contributed by atoms with van der Waals surface area (Å²) in [6.45, 7) is 7.40. The average molecular weight is 230 g/mol. The van der Waals surface area contributed by atoms with Crippen LogP contribution in [0.25, 0.3) is 0 Å². The minimum absolute atomic E-state index is 0.188. The van der Waals surface area contributed by atoms with Crippen LogP contribution in [0.3, 0.4) is 0 Å². The second kappa shape index (κ2) is 4.58. The summed E-state index contributed by atoms with van der Waals surface area (Å²) < 4.78 is 5.21. The van der Waals surface area contributed by atoms with Crippen molar-refractivity contribution in [1.82, 2.24) is 0 Å². The molecule has 0 aliphatic carbocycles. The molecule has 0 atom stereocenters. The molecule has 15 heavy (non-hydrogen) atoms. The Bertz CT molecular complexity index is 348. The molecule has 86 valence electrons. The summed E-state index contributed by atoms with van der Waals surface area (Å²) in [5, 5.41) is 0.538. The fourth-order valence-electron chi connectivity index (χ4n) is 1.50. The SMILES string of the molecule is Cc1cccc([PH](O)(O)OC(C)C)c1C. The van der Waals surface area contributed by atoms with E-state index in [1.807, 2.05) is 26.0 Å². The summed E-state index contributed by atoms with van der Waals surface area (Å²) in [6, 6.07) is 5.48. The Kier molecular flexibility index (Phi) is 3.85. The van der Waals surface area contributed by atoms with Gasteiger partial charge in [0.05, 0.1) is 0 Å². The van der Waals surface area contributed by atoms with Crippen molar-refractivity contribution in [2.45, 2.75) is 33.8 Å². The van der Waals surface area contributed by atoms with Gasteiger partial charge in [0.15, 0.2) is 0 Å². The van der Waals surface area contributed by atoms with Crippen LogP contribution >= 0.6 is 7.94 Å². The molecule has 0 fully saturated rings. The van der Waals surface area contributed by atoms with Gasteiger partial charge in [0.1, 0.15) is 0 Å². The maximum absolute atomic E-state index is 9.93. The predicted molar refractivity (Wildman–Crippen MR) is 64.5 cm³/mol. The van der Waals surface area contributed by atoms with Crippen LogP contribution < -0.4 is 5.30 Å². The molecule has 0 saturated heterocycles. The number of benzene rings is 1. The Morgan fingerprint density at radius 3 is 2.33 bits per heavy atom. The molecule has 2 N–H and O–H groups in total. The van der Waals surface area contributed by atoms with Crippen LogP contribution in [-0.2, 0) is 4.52 Å². The van der Waals surface area contributed by atoms with Crippen molar-refractivity contribution in [2.75, 3.05) is 0 Å². The molecule has 0 aliphatic heterocycles. The van der Waals surface area contributed by atoms with Gasteiger partial charge in [-0.15, -0.1) is 0 Å². The molecule has 0 spiro atoms. The Hall–Kier alpha value is -0.470. The topological polar surface area (TPSA) is 49.7 Å². The van der Waals surface area contributed by atoms with Gasteiger partial charge in [0, 0.05) is 0 Å². The fraction of sp³-hybridized carbons (Fsp3) is 0.455. The van der Waals surface area contributed by atoms with E-state index in [0.717, 1.165) is 11.1 Å². The van der Waals surface area contributed by atoms with Gasteiger partial charge in [-0.1, -0.05) is 0 Å². The van der Waals surface area contributed by atoms with Gasteiger partial charge in [0.25, 0.3) is 0 Å². The third-order valence-corrected chi connectivity index (χ3v) is 4.40. The van der Waals surface area contributed by atoms with Gasteiger partial charge in [-0.05, 0) is 0 Å². The molecular weight excluding hydrogens is 211 g/mol. The van der Waals surface area contributed by atoms with Crippen molar-refractivity contribution in [3.63, 3.8) is 0 Å². The molecule has 3 nitrogen and oxygen atoms in total. The monoisotopic (exact) mass is 230 g/mol. The van der Waals surface area contributed by atoms with E-state index >= 15 is 0 Å². The third-order valence-electron chi connectivity index (χ3n) is 2.36. The molecule has 1 aromatic carbocycles. The van der Waals surface area contributed by atoms with E-state index in [0.29, 0.717) is 5.30 Å². The Balaban J connectivity index is 3.09. The average Bonchev–Trinajstić information content (AvgIpc) is 2.07. The molecule has 0 bridgehead atoms. The fourth-order valence-corrected chi connectivity index (χ4v) is 3.28. The molecule has 4 heteroatoms. The molecule has 0 heterocycles. The standard InChI is InChI=1S/C11H19O3P/c1-8(2)14-15(12,13)11-7-5-6-9(3)10(11)4/h5-8,12-13,15H,1-4H3. The molecule has 0 aliphatic rings. The van der Waals surface area contributed by atoms with Crippen LogP contribution in [0.15, 0.2) is 18.2 Å². The summed E-state index contributed by atoms with van der Waals surface area (Å²) in [4.78, 5) is 19.9. The maximum atomic E-state index is 9.93. The Labute approximate surface area is 91.3 Å². The molecule has 0 radical (unpaired) electrons. The first-order chi connectivity index (χ1) is 6.84. The van der Waals surface area contributed by atoms with Crippen LogP contribution in [0.2, 0.25) is 0 Å². The van der Waals surface area contributed by atoms with E-state index in [4.69, 9.17) is 4.52 Å². The zero-order chi connectivity index (χ0) is 11.6. The van der Waals surface area contributed by atoms with E-state index in [1.165, 1.54) is 0 Å². The molecule has 0 unspecified atom stereocenters. The van der Waals surface area contributed by atoms with Gasteiger partial charge in [-0.3, -0.25) is 0 Å². The van der Waals surface area contributed by atoms with Crippen molar-refractivity contribution in [3.05, 3.63) is 29.3 Å². The summed E-state index contributed by atoms with van der Waals surface area (Å²) in [6.07, 6.45) is -0.188. The quantitative estimate of drug-likeness (QED) is 0.779. The Morgan fingerprint density at radius 2 is 1.80 bits per heavy atom. The summed E-state index contributed by atoms with van der Waals surface area (Å²) in [5.41, 5.74) is 1.94. The number of hydrogen-bond acceptors (Lipinski definition) is 3. The van der Waals surface area contributed by atoms with Crippen LogP contribution in [0.5, 0.6) is 0 Å². The van der Waals surface area contributed by atoms with Gasteiger partial charge >= 0.3 is 90.7 Å². The molecule has 0 aromatic heterocycles. The van der Waals surface area contributed by atoms with Gasteiger partial charge in [0.2, 0.25) is 0 Å². The Morgan fingerprint density at radius 1 is 1.20 bits per heavy atom. The zero-order valence-electron chi connectivity index (χ0n) is 9.61. The van der Waals surface area contributed by atoms with Crippen molar-refractivity contribution in [3.8, 4) is 0 Å². The summed E-state index contributed by atoms with van der Waals surface area (Å²) in [5.74, 6) is 0. The van der Waals surface area contributed by atoms with Gasteiger partial charge in [-0.2, -0.15) is 0 Å². The van der Waals surface area contributed by atoms with E-state index in [-0.39, 0.29) is 6.10 Å². The number of rotatable bonds is 3. The van der Waals surface area contributed by atoms with Crippen LogP contribution in [-0.4, -0.2) is 15.9 Å². The first kappa shape index (κ1) is 12.6. The zero-order valence-corrected chi connectivity index (χ0v) is 10.6. The molecule has 1 aromatic rings. The van der Waals surface area contributed by atoms with Gasteiger partial charge < -0.3 is 0 Å². The first-order valence-corrected chi connectivity index (χ1v) is 6.84. The molecule has 0 saturated carbocycles. The van der Waals surface area contributed by atoms with Crippen LogP contribution in [0, 0.1) is 13.8 Å². The van der Waals surface area contributed by atoms with Crippen molar-refractivity contribution in [1.29, 1.82) is 0 Å². The molecular formula is C11H19O3P. The third kappa shape index (κ3) is 2.99. The van der Waals surface area contributed by atoms with E-state index in [1.54, 1.807) is 19.9 Å². The first-order valence-electron chi connectivity index (χ1n) is 5.04. The second-order valence-corrected chi connectivity index (χ2v) is 6.01. The normalized spacial score (nSPS) is 13.3. The van der Waals surface area contributed by atoms with Crippen LogP contribution in [0.1, 0.15) is 25.0 Å². The van der Waals surface area contributed by atoms with E-state index in [2.05, 4.69) is 0 Å². The van der Waals surface area contributed by atoms with Crippen molar-refractivity contribution >= 4 is 13.2 Å². The van der Waals surface area contributed by atoms with Crippen molar-refractivity contribution in [2.24, 2.45) is 0 Å². The summed E-state index contributed by atoms with van der Waals surface area (Å²) in [7, 11) is -3.72. The van der Waals surface area contributed by atoms with Gasteiger partial charge in [-0.25, -0.2) is 0 Å². The second-order valence-electron chi connectivity index (χ2n) is 4.02. The van der Waals surface area contributed by atoms with E-state index in [9.17, 15) is 9.79 Å². The number of hydrogen-bond donors (Lipinski definition) is 2. The predicted octanol–water partition coefficient (Wildman–Crippen LogP) is 1.83. The van der Waals surface area contributed by atoms with Crippen LogP contribution in [0.4, 0.5) is 0 Å². The van der Waals surface area contributed by atoms with E-state index < -0.39 is 7.94 Å².